The molecule has 0 radical (unpaired) electrons. The SMILES string of the molecule is C\C=C(Br)/C=C\C=C\N(CCNC(C)=O)c1ccc(C)cc1. The number of anilines is 1. The highest BCUT2D eigenvalue weighted by Gasteiger charge is 2.02. The highest BCUT2D eigenvalue weighted by atomic mass is 79.9. The van der Waals surface area contributed by atoms with E-state index in [9.17, 15) is 4.79 Å². The monoisotopic (exact) mass is 362 g/mol. The number of amides is 1. The lowest BCUT2D eigenvalue weighted by atomic mass is 10.2. The zero-order valence-electron chi connectivity index (χ0n) is 13.3. The molecule has 3 nitrogen and oxygen atoms in total. The molecule has 0 aliphatic rings. The van der Waals surface area contributed by atoms with Crippen molar-refractivity contribution in [2.45, 2.75) is 20.8 Å². The summed E-state index contributed by atoms with van der Waals surface area (Å²) in [6.07, 6.45) is 9.94. The molecule has 0 heterocycles. The Morgan fingerprint density at radius 2 is 1.95 bits per heavy atom. The van der Waals surface area contributed by atoms with Crippen molar-refractivity contribution in [3.63, 3.8) is 0 Å². The van der Waals surface area contributed by atoms with Crippen molar-refractivity contribution in [3.05, 3.63) is 64.8 Å². The average Bonchev–Trinajstić information content (AvgIpc) is 2.50. The molecular formula is C18H23BrN2O. The van der Waals surface area contributed by atoms with Gasteiger partial charge in [-0.1, -0.05) is 45.8 Å². The average molecular weight is 363 g/mol. The molecular weight excluding hydrogens is 340 g/mol. The first-order chi connectivity index (χ1) is 10.5. The number of carbonyl (C=O) groups excluding carboxylic acids is 1. The minimum absolute atomic E-state index is 0.00950. The topological polar surface area (TPSA) is 32.3 Å². The molecule has 0 unspecified atom stereocenters. The molecule has 0 bridgehead atoms. The van der Waals surface area contributed by atoms with Crippen molar-refractivity contribution in [3.8, 4) is 0 Å². The summed E-state index contributed by atoms with van der Waals surface area (Å²) >= 11 is 3.43. The number of nitrogens with one attached hydrogen (secondary N) is 1. The third kappa shape index (κ3) is 7.27. The van der Waals surface area contributed by atoms with Crippen LogP contribution in [0, 0.1) is 6.92 Å². The number of aryl methyl sites for hydroxylation is 1. The van der Waals surface area contributed by atoms with E-state index >= 15 is 0 Å². The van der Waals surface area contributed by atoms with E-state index in [-0.39, 0.29) is 5.91 Å². The summed E-state index contributed by atoms with van der Waals surface area (Å²) in [6, 6.07) is 8.33. The number of benzene rings is 1. The molecule has 1 aromatic rings. The van der Waals surface area contributed by atoms with Crippen LogP contribution in [0.15, 0.2) is 59.3 Å². The van der Waals surface area contributed by atoms with Gasteiger partial charge in [-0.2, -0.15) is 0 Å². The Balaban J connectivity index is 2.77. The zero-order chi connectivity index (χ0) is 16.4. The number of carbonyl (C=O) groups is 1. The molecule has 0 aliphatic heterocycles. The molecule has 0 fully saturated rings. The summed E-state index contributed by atoms with van der Waals surface area (Å²) in [7, 11) is 0. The Kier molecular flexibility index (Phi) is 8.30. The standard InChI is InChI=1S/C18H23BrN2O/c1-4-17(19)7-5-6-13-21(14-12-20-16(3)22)18-10-8-15(2)9-11-18/h4-11,13H,12,14H2,1-3H3,(H,20,22)/b7-5-,13-6+,17-4+. The zero-order valence-corrected chi connectivity index (χ0v) is 14.9. The van der Waals surface area contributed by atoms with Crippen molar-refractivity contribution >= 4 is 27.5 Å². The number of halogens is 1. The van der Waals surface area contributed by atoms with Crippen LogP contribution < -0.4 is 10.2 Å². The van der Waals surface area contributed by atoms with E-state index in [2.05, 4.69) is 57.3 Å². The van der Waals surface area contributed by atoms with E-state index in [1.807, 2.05) is 37.4 Å². The maximum atomic E-state index is 11.0. The predicted octanol–water partition coefficient (Wildman–Crippen LogP) is 4.31. The second kappa shape index (κ2) is 10.0. The van der Waals surface area contributed by atoms with Crippen molar-refractivity contribution < 1.29 is 4.79 Å². The summed E-state index contributed by atoms with van der Waals surface area (Å²) in [6.45, 7) is 6.90. The van der Waals surface area contributed by atoms with Gasteiger partial charge in [0.25, 0.3) is 0 Å². The first-order valence-corrected chi connectivity index (χ1v) is 8.06. The van der Waals surface area contributed by atoms with Gasteiger partial charge in [0.05, 0.1) is 0 Å². The van der Waals surface area contributed by atoms with Gasteiger partial charge in [0.2, 0.25) is 5.91 Å². The third-order valence-corrected chi connectivity index (χ3v) is 3.72. The van der Waals surface area contributed by atoms with E-state index in [1.165, 1.54) is 12.5 Å². The molecule has 22 heavy (non-hydrogen) atoms. The van der Waals surface area contributed by atoms with E-state index in [0.29, 0.717) is 6.54 Å². The van der Waals surface area contributed by atoms with Crippen LogP contribution >= 0.6 is 15.9 Å². The van der Waals surface area contributed by atoms with Gasteiger partial charge in [-0.05, 0) is 38.1 Å². The first-order valence-electron chi connectivity index (χ1n) is 7.27. The van der Waals surface area contributed by atoms with Crippen LogP contribution in [0.3, 0.4) is 0 Å². The van der Waals surface area contributed by atoms with Gasteiger partial charge in [0.15, 0.2) is 0 Å². The highest BCUT2D eigenvalue weighted by molar-refractivity contribution is 9.11. The van der Waals surface area contributed by atoms with Gasteiger partial charge >= 0.3 is 0 Å². The highest BCUT2D eigenvalue weighted by Crippen LogP contribution is 2.15. The number of nitrogens with zero attached hydrogens (tertiary/aromatic N) is 1. The molecule has 4 heteroatoms. The Hall–Kier alpha value is -1.81. The molecule has 0 saturated carbocycles. The van der Waals surface area contributed by atoms with Crippen LogP contribution in [0.2, 0.25) is 0 Å². The maximum Gasteiger partial charge on any atom is 0.216 e. The van der Waals surface area contributed by atoms with Gasteiger partial charge in [-0.15, -0.1) is 0 Å². The van der Waals surface area contributed by atoms with Crippen molar-refractivity contribution in [1.82, 2.24) is 5.32 Å². The van der Waals surface area contributed by atoms with Crippen molar-refractivity contribution in [2.24, 2.45) is 0 Å². The van der Waals surface area contributed by atoms with Gasteiger partial charge in [-0.25, -0.2) is 0 Å². The molecule has 0 saturated heterocycles. The quantitative estimate of drug-likeness (QED) is 0.733. The van der Waals surface area contributed by atoms with E-state index in [0.717, 1.165) is 16.7 Å². The molecule has 1 rings (SSSR count). The lowest BCUT2D eigenvalue weighted by Gasteiger charge is -2.20. The fourth-order valence-electron chi connectivity index (χ4n) is 1.78. The second-order valence-corrected chi connectivity index (χ2v) is 5.80. The predicted molar refractivity (Wildman–Crippen MR) is 98.2 cm³/mol. The van der Waals surface area contributed by atoms with Crippen LogP contribution in [0.4, 0.5) is 5.69 Å². The Labute approximate surface area is 141 Å². The normalized spacial score (nSPS) is 12.1. The van der Waals surface area contributed by atoms with Crippen LogP contribution in [0.5, 0.6) is 0 Å². The Morgan fingerprint density at radius 1 is 1.27 bits per heavy atom. The van der Waals surface area contributed by atoms with E-state index < -0.39 is 0 Å². The molecule has 1 amide bonds. The first kappa shape index (κ1) is 18.2. The number of hydrogen-bond donors (Lipinski definition) is 1. The number of hydrogen-bond acceptors (Lipinski definition) is 2. The van der Waals surface area contributed by atoms with Gasteiger partial charge in [-0.3, -0.25) is 4.79 Å². The molecule has 0 aromatic heterocycles. The summed E-state index contributed by atoms with van der Waals surface area (Å²) in [5, 5.41) is 2.83. The summed E-state index contributed by atoms with van der Waals surface area (Å²) in [5.41, 5.74) is 2.33. The van der Waals surface area contributed by atoms with Gasteiger partial charge < -0.3 is 10.2 Å². The van der Waals surface area contributed by atoms with Crippen molar-refractivity contribution in [2.75, 3.05) is 18.0 Å². The summed E-state index contributed by atoms with van der Waals surface area (Å²) in [5.74, 6) is -0.00950. The lowest BCUT2D eigenvalue weighted by molar-refractivity contribution is -0.118. The third-order valence-electron chi connectivity index (χ3n) is 3.00. The molecule has 1 N–H and O–H groups in total. The fourth-order valence-corrected chi connectivity index (χ4v) is 1.93. The van der Waals surface area contributed by atoms with Crippen molar-refractivity contribution in [1.29, 1.82) is 0 Å². The van der Waals surface area contributed by atoms with Crippen LogP contribution in [0.1, 0.15) is 19.4 Å². The summed E-state index contributed by atoms with van der Waals surface area (Å²) in [4.78, 5) is 13.1. The molecule has 0 spiro atoms. The van der Waals surface area contributed by atoms with Crippen LogP contribution in [-0.4, -0.2) is 19.0 Å². The van der Waals surface area contributed by atoms with Gasteiger partial charge in [0.1, 0.15) is 0 Å². The van der Waals surface area contributed by atoms with E-state index in [1.54, 1.807) is 0 Å². The largest absolute Gasteiger partial charge is 0.355 e. The Morgan fingerprint density at radius 3 is 2.55 bits per heavy atom. The van der Waals surface area contributed by atoms with Crippen LogP contribution in [0.25, 0.3) is 0 Å². The minimum Gasteiger partial charge on any atom is -0.355 e. The van der Waals surface area contributed by atoms with Gasteiger partial charge in [0, 0.05) is 36.4 Å². The lowest BCUT2D eigenvalue weighted by Crippen LogP contribution is -2.31. The Bertz CT molecular complexity index is 559. The molecule has 0 aliphatic carbocycles. The number of rotatable bonds is 7. The fraction of sp³-hybridized carbons (Fsp3) is 0.278. The van der Waals surface area contributed by atoms with Crippen LogP contribution in [-0.2, 0) is 4.79 Å². The number of allylic oxidation sites excluding steroid dienone is 5. The minimum atomic E-state index is -0.00950. The molecule has 118 valence electrons. The van der Waals surface area contributed by atoms with E-state index in [4.69, 9.17) is 0 Å². The second-order valence-electron chi connectivity index (χ2n) is 4.89. The maximum absolute atomic E-state index is 11.0. The molecule has 1 aromatic carbocycles. The molecule has 0 atom stereocenters. The smallest absolute Gasteiger partial charge is 0.216 e. The summed E-state index contributed by atoms with van der Waals surface area (Å²) < 4.78 is 1.04.